The predicted molar refractivity (Wildman–Crippen MR) is 82.9 cm³/mol. The lowest BCUT2D eigenvalue weighted by molar-refractivity contribution is -0.110. The first-order valence-corrected chi connectivity index (χ1v) is 7.49. The van der Waals surface area contributed by atoms with Crippen LogP contribution in [0.3, 0.4) is 0 Å². The third-order valence-electron chi connectivity index (χ3n) is 2.97. The van der Waals surface area contributed by atoms with Gasteiger partial charge in [-0.05, 0) is 12.0 Å². The molecule has 2 nitrogen and oxygen atoms in total. The van der Waals surface area contributed by atoms with E-state index in [-0.39, 0.29) is 11.0 Å². The Morgan fingerprint density at radius 2 is 1.60 bits per heavy atom. The molecule has 0 heterocycles. The number of hydrogen-bond donors (Lipinski definition) is 0. The Bertz CT molecular complexity index is 552. The average Bonchev–Trinajstić information content (AvgIpc) is 2.53. The molecule has 0 saturated carbocycles. The molecule has 2 aromatic rings. The minimum atomic E-state index is -0.130. The maximum Gasteiger partial charge on any atom is 0.219 e. The van der Waals surface area contributed by atoms with Gasteiger partial charge >= 0.3 is 0 Å². The molecule has 2 rings (SSSR count). The highest BCUT2D eigenvalue weighted by molar-refractivity contribution is 8.14. The molecule has 0 saturated heterocycles. The Morgan fingerprint density at radius 3 is 2.20 bits per heavy atom. The molecular formula is C17H16O2S. The van der Waals surface area contributed by atoms with E-state index in [1.54, 1.807) is 12.1 Å². The second kappa shape index (κ2) is 7.65. The van der Waals surface area contributed by atoms with E-state index in [1.807, 2.05) is 48.5 Å². The molecule has 0 unspecified atom stereocenters. The SMILES string of the molecule is O=C[C@@H](CSC(=O)c1ccccc1)Cc1ccccc1. The van der Waals surface area contributed by atoms with Crippen LogP contribution in [0.25, 0.3) is 0 Å². The summed E-state index contributed by atoms with van der Waals surface area (Å²) in [6.45, 7) is 0. The van der Waals surface area contributed by atoms with E-state index in [1.165, 1.54) is 11.8 Å². The molecule has 0 N–H and O–H groups in total. The van der Waals surface area contributed by atoms with E-state index < -0.39 is 0 Å². The molecule has 0 radical (unpaired) electrons. The monoisotopic (exact) mass is 284 g/mol. The zero-order valence-electron chi connectivity index (χ0n) is 11.1. The van der Waals surface area contributed by atoms with Crippen LogP contribution >= 0.6 is 11.8 Å². The number of rotatable bonds is 6. The summed E-state index contributed by atoms with van der Waals surface area (Å²) in [5.74, 6) is 0.390. The average molecular weight is 284 g/mol. The van der Waals surface area contributed by atoms with Crippen LogP contribution < -0.4 is 0 Å². The molecule has 20 heavy (non-hydrogen) atoms. The topological polar surface area (TPSA) is 34.1 Å². The van der Waals surface area contributed by atoms with Crippen LogP contribution in [-0.2, 0) is 11.2 Å². The third-order valence-corrected chi connectivity index (χ3v) is 4.06. The lowest BCUT2D eigenvalue weighted by Gasteiger charge is -2.09. The summed E-state index contributed by atoms with van der Waals surface area (Å²) in [7, 11) is 0. The molecule has 1 atom stereocenters. The molecule has 0 aliphatic heterocycles. The van der Waals surface area contributed by atoms with Gasteiger partial charge in [0, 0.05) is 17.2 Å². The van der Waals surface area contributed by atoms with E-state index in [4.69, 9.17) is 0 Å². The minimum Gasteiger partial charge on any atom is -0.303 e. The third kappa shape index (κ3) is 4.35. The summed E-state index contributed by atoms with van der Waals surface area (Å²) >= 11 is 1.21. The molecule has 102 valence electrons. The zero-order chi connectivity index (χ0) is 14.2. The summed E-state index contributed by atoms with van der Waals surface area (Å²) in [5.41, 5.74) is 1.80. The van der Waals surface area contributed by atoms with Gasteiger partial charge in [-0.3, -0.25) is 4.79 Å². The highest BCUT2D eigenvalue weighted by atomic mass is 32.2. The molecular weight excluding hydrogens is 268 g/mol. The molecule has 0 aliphatic carbocycles. The number of hydrogen-bond acceptors (Lipinski definition) is 3. The largest absolute Gasteiger partial charge is 0.303 e. The van der Waals surface area contributed by atoms with E-state index in [0.29, 0.717) is 17.7 Å². The second-order valence-corrected chi connectivity index (χ2v) is 5.54. The van der Waals surface area contributed by atoms with Gasteiger partial charge in [-0.1, -0.05) is 72.4 Å². The molecule has 0 amide bonds. The van der Waals surface area contributed by atoms with Gasteiger partial charge in [-0.2, -0.15) is 0 Å². The van der Waals surface area contributed by atoms with Crippen LogP contribution in [-0.4, -0.2) is 17.2 Å². The smallest absolute Gasteiger partial charge is 0.219 e. The van der Waals surface area contributed by atoms with Crippen molar-refractivity contribution in [3.63, 3.8) is 0 Å². The minimum absolute atomic E-state index is 0.0190. The van der Waals surface area contributed by atoms with Crippen LogP contribution in [0.5, 0.6) is 0 Å². The predicted octanol–water partition coefficient (Wildman–Crippen LogP) is 3.62. The van der Waals surface area contributed by atoms with Crippen molar-refractivity contribution in [2.75, 3.05) is 5.75 Å². The Labute approximate surface area is 123 Å². The first-order valence-electron chi connectivity index (χ1n) is 6.51. The van der Waals surface area contributed by atoms with Crippen molar-refractivity contribution in [3.05, 3.63) is 71.8 Å². The Hall–Kier alpha value is -1.87. The lowest BCUT2D eigenvalue weighted by Crippen LogP contribution is -2.11. The summed E-state index contributed by atoms with van der Waals surface area (Å²) in [5, 5.41) is 0.0190. The normalized spacial score (nSPS) is 11.8. The lowest BCUT2D eigenvalue weighted by atomic mass is 10.0. The Morgan fingerprint density at radius 1 is 1.00 bits per heavy atom. The maximum absolute atomic E-state index is 12.0. The molecule has 3 heteroatoms. The van der Waals surface area contributed by atoms with Crippen molar-refractivity contribution >= 4 is 23.2 Å². The fraction of sp³-hybridized carbons (Fsp3) is 0.176. The number of benzene rings is 2. The quantitative estimate of drug-likeness (QED) is 0.760. The summed E-state index contributed by atoms with van der Waals surface area (Å²) in [6.07, 6.45) is 1.62. The van der Waals surface area contributed by atoms with Gasteiger partial charge in [-0.25, -0.2) is 0 Å². The van der Waals surface area contributed by atoms with Crippen LogP contribution in [0.15, 0.2) is 60.7 Å². The summed E-state index contributed by atoms with van der Waals surface area (Å²) in [4.78, 5) is 23.1. The summed E-state index contributed by atoms with van der Waals surface area (Å²) < 4.78 is 0. The van der Waals surface area contributed by atoms with Crippen molar-refractivity contribution < 1.29 is 9.59 Å². The fourth-order valence-electron chi connectivity index (χ4n) is 1.90. The zero-order valence-corrected chi connectivity index (χ0v) is 11.9. The fourth-order valence-corrected chi connectivity index (χ4v) is 2.77. The van der Waals surface area contributed by atoms with Gasteiger partial charge in [0.1, 0.15) is 6.29 Å². The Kier molecular flexibility index (Phi) is 5.56. The number of carbonyl (C=O) groups is 2. The molecule has 0 bridgehead atoms. The molecule has 0 aromatic heterocycles. The van der Waals surface area contributed by atoms with Crippen molar-refractivity contribution in [1.29, 1.82) is 0 Å². The molecule has 0 aliphatic rings. The van der Waals surface area contributed by atoms with E-state index in [0.717, 1.165) is 11.8 Å². The van der Waals surface area contributed by atoms with Crippen molar-refractivity contribution in [1.82, 2.24) is 0 Å². The standard InChI is InChI=1S/C17H16O2S/c18-12-15(11-14-7-3-1-4-8-14)13-20-17(19)16-9-5-2-6-10-16/h1-10,12,15H,11,13H2/t15-/m0/s1. The number of aldehydes is 1. The van der Waals surface area contributed by atoms with Crippen LogP contribution in [0.2, 0.25) is 0 Å². The van der Waals surface area contributed by atoms with Gasteiger partial charge in [0.2, 0.25) is 5.12 Å². The van der Waals surface area contributed by atoms with Gasteiger partial charge in [0.05, 0.1) is 0 Å². The van der Waals surface area contributed by atoms with Gasteiger partial charge in [0.15, 0.2) is 0 Å². The van der Waals surface area contributed by atoms with Crippen LogP contribution in [0.4, 0.5) is 0 Å². The van der Waals surface area contributed by atoms with Gasteiger partial charge in [0.25, 0.3) is 0 Å². The van der Waals surface area contributed by atoms with E-state index in [9.17, 15) is 9.59 Å². The molecule has 0 fully saturated rings. The molecule has 0 spiro atoms. The molecule has 2 aromatic carbocycles. The highest BCUT2D eigenvalue weighted by Crippen LogP contribution is 2.17. The van der Waals surface area contributed by atoms with Crippen LogP contribution in [0, 0.1) is 5.92 Å². The maximum atomic E-state index is 12.0. The Balaban J connectivity index is 1.88. The highest BCUT2D eigenvalue weighted by Gasteiger charge is 2.13. The number of carbonyl (C=O) groups excluding carboxylic acids is 2. The van der Waals surface area contributed by atoms with Crippen LogP contribution in [0.1, 0.15) is 15.9 Å². The van der Waals surface area contributed by atoms with Gasteiger partial charge in [-0.15, -0.1) is 0 Å². The van der Waals surface area contributed by atoms with E-state index in [2.05, 4.69) is 0 Å². The number of thioether (sulfide) groups is 1. The first-order chi connectivity index (χ1) is 9.79. The van der Waals surface area contributed by atoms with E-state index >= 15 is 0 Å². The summed E-state index contributed by atoms with van der Waals surface area (Å²) in [6, 6.07) is 19.0. The van der Waals surface area contributed by atoms with Crippen molar-refractivity contribution in [2.24, 2.45) is 5.92 Å². The van der Waals surface area contributed by atoms with Crippen molar-refractivity contribution in [2.45, 2.75) is 6.42 Å². The second-order valence-electron chi connectivity index (χ2n) is 4.55. The van der Waals surface area contributed by atoms with Crippen molar-refractivity contribution in [3.8, 4) is 0 Å². The first kappa shape index (κ1) is 14.5. The van der Waals surface area contributed by atoms with Gasteiger partial charge < -0.3 is 4.79 Å².